The molecule has 0 aromatic carbocycles. The molecule has 300 valence electrons. The van der Waals surface area contributed by atoms with Gasteiger partial charge in [0.25, 0.3) is 0 Å². The van der Waals surface area contributed by atoms with Gasteiger partial charge in [-0.1, -0.05) is 150 Å². The monoisotopic (exact) mass is 888 g/mol. The van der Waals surface area contributed by atoms with E-state index in [9.17, 15) is 14.4 Å². The van der Waals surface area contributed by atoms with Crippen molar-refractivity contribution in [3.8, 4) is 0 Å². The number of methoxy groups -OCH3 is 3. The van der Waals surface area contributed by atoms with Crippen LogP contribution in [-0.4, -0.2) is 73.0 Å². The largest absolute Gasteiger partial charge is 0.381 e. The Hall–Kier alpha value is 0.330. The number of rotatable bonds is 27. The highest BCUT2D eigenvalue weighted by Crippen LogP contribution is 2.13. The van der Waals surface area contributed by atoms with Gasteiger partial charge in [0.2, 0.25) is 0 Å². The summed E-state index contributed by atoms with van der Waals surface area (Å²) in [6.07, 6.45) is 20.0. The highest BCUT2D eigenvalue weighted by atomic mass is 79.9. The van der Waals surface area contributed by atoms with E-state index < -0.39 is 0 Å². The number of unbranched alkanes of at least 4 members (excludes halogenated alkanes) is 9. The van der Waals surface area contributed by atoms with E-state index in [1.807, 2.05) is 0 Å². The number of ether oxygens (including phenoxy) is 3. The van der Waals surface area contributed by atoms with E-state index in [0.717, 1.165) is 48.1 Å². The first-order chi connectivity index (χ1) is 20.1. The van der Waals surface area contributed by atoms with Crippen LogP contribution < -0.4 is 0 Å². The summed E-state index contributed by atoms with van der Waals surface area (Å²) in [5.74, 6) is 0.655. The van der Waals surface area contributed by atoms with Crippen LogP contribution in [-0.2, 0) is 28.6 Å². The summed E-state index contributed by atoms with van der Waals surface area (Å²) < 4.78 is 15.7. The average Bonchev–Trinajstić information content (AvgIpc) is 2.95. The zero-order valence-electron chi connectivity index (χ0n) is 27.7. The van der Waals surface area contributed by atoms with Gasteiger partial charge in [-0.25, -0.2) is 0 Å². The van der Waals surface area contributed by atoms with E-state index in [1.165, 1.54) is 64.2 Å². The minimum atomic E-state index is 0. The van der Waals surface area contributed by atoms with Crippen LogP contribution in [0.5, 0.6) is 0 Å². The highest BCUT2D eigenvalue weighted by molar-refractivity contribution is 9.09. The molecule has 0 aliphatic rings. The molecule has 0 aromatic heterocycles. The van der Waals surface area contributed by atoms with Gasteiger partial charge in [-0.15, -0.1) is 0 Å². The molecule has 0 saturated heterocycles. The maximum atomic E-state index is 10.9. The molecule has 0 N–H and O–H groups in total. The van der Waals surface area contributed by atoms with Crippen molar-refractivity contribution >= 4 is 65.1 Å². The van der Waals surface area contributed by atoms with Crippen molar-refractivity contribution < 1.29 is 28.6 Å². The summed E-state index contributed by atoms with van der Waals surface area (Å²) in [5, 5.41) is 3.25. The second kappa shape index (κ2) is 56.7. The van der Waals surface area contributed by atoms with Crippen LogP contribution in [0.2, 0.25) is 0 Å². The van der Waals surface area contributed by atoms with Crippen molar-refractivity contribution in [3.63, 3.8) is 0 Å². The molecule has 0 aromatic rings. The fraction of sp³-hybridized carbons (Fsp3) is 0.923. The lowest BCUT2D eigenvalue weighted by Gasteiger charge is -2.13. The van der Waals surface area contributed by atoms with Crippen molar-refractivity contribution in [3.05, 3.63) is 0 Å². The number of Topliss-reactive ketones (excluding diaryl/α,β-unsaturated/α-hetero) is 3. The molecule has 0 bridgehead atoms. The lowest BCUT2D eigenvalue weighted by Crippen LogP contribution is -2.14. The Labute approximate surface area is 328 Å². The lowest BCUT2D eigenvalue weighted by atomic mass is 10.0. The Balaban J connectivity index is -0.0000000644. The maximum absolute atomic E-state index is 10.9. The van der Waals surface area contributed by atoms with Gasteiger partial charge in [-0.2, -0.15) is 0 Å². The molecule has 9 heteroatoms. The topological polar surface area (TPSA) is 78.9 Å². The van der Waals surface area contributed by atoms with Gasteiger partial charge in [0.1, 0.15) is 17.3 Å². The van der Waals surface area contributed by atoms with Gasteiger partial charge in [-0.05, 0) is 59.3 Å². The van der Waals surface area contributed by atoms with E-state index in [0.29, 0.717) is 19.3 Å². The predicted octanol–water partition coefficient (Wildman–Crippen LogP) is 13.8. The normalized spacial score (nSPS) is 11.2. The number of carbonyl (C=O) groups is 3. The Morgan fingerprint density at radius 3 is 0.792 bits per heavy atom. The van der Waals surface area contributed by atoms with E-state index >= 15 is 0 Å². The predicted molar refractivity (Wildman–Crippen MR) is 229 cm³/mol. The SMILES string of the molecule is C.C.C.C.C.C.COC(CCCCBr)CC(C)=O.COC(CCCCCCBr)CC(C)=O.COC(CCCCCCCCBr)CC(C)=O. The molecule has 0 rings (SSSR count). The Morgan fingerprint density at radius 2 is 0.583 bits per heavy atom. The van der Waals surface area contributed by atoms with Crippen molar-refractivity contribution in [2.24, 2.45) is 0 Å². The second-order valence-electron chi connectivity index (χ2n) is 11.0. The zero-order valence-corrected chi connectivity index (χ0v) is 32.4. The summed E-state index contributed by atoms with van der Waals surface area (Å²) in [6.45, 7) is 4.86. The summed E-state index contributed by atoms with van der Waals surface area (Å²) >= 11 is 10.2. The van der Waals surface area contributed by atoms with Gasteiger partial charge >= 0.3 is 0 Å². The van der Waals surface area contributed by atoms with Gasteiger partial charge in [0.05, 0.1) is 18.3 Å². The summed E-state index contributed by atoms with van der Waals surface area (Å²) in [6, 6.07) is 0. The summed E-state index contributed by atoms with van der Waals surface area (Å²) in [7, 11) is 5.05. The standard InChI is InChI=1S/C13H25BrO2.C11H21BrO2.C9H17BrO2.6CH4/c1-12(15)11-13(16-2)9-7-5-3-4-6-8-10-14;1-10(13)9-11(14-2)7-5-3-4-6-8-12;1-8(11)7-9(12-2)5-3-4-6-10;;;;;;/h13H,3-11H2,1-2H3;11H,3-9H2,1-2H3;9H,3-7H2,1-2H3;6*1H4. The van der Waals surface area contributed by atoms with Crippen molar-refractivity contribution in [2.45, 2.75) is 199 Å². The molecule has 0 radical (unpaired) electrons. The second-order valence-corrected chi connectivity index (χ2v) is 13.3. The third-order valence-electron chi connectivity index (χ3n) is 6.77. The molecule has 0 fully saturated rings. The van der Waals surface area contributed by atoms with Gasteiger partial charge in [0.15, 0.2) is 0 Å². The van der Waals surface area contributed by atoms with Crippen molar-refractivity contribution in [1.29, 1.82) is 0 Å². The molecule has 0 spiro atoms. The van der Waals surface area contributed by atoms with E-state index in [1.54, 1.807) is 42.1 Å². The maximum Gasteiger partial charge on any atom is 0.132 e. The minimum Gasteiger partial charge on any atom is -0.381 e. The van der Waals surface area contributed by atoms with Crippen molar-refractivity contribution in [1.82, 2.24) is 0 Å². The molecule has 0 amide bonds. The summed E-state index contributed by atoms with van der Waals surface area (Å²) in [5.41, 5.74) is 0. The van der Waals surface area contributed by atoms with Gasteiger partial charge in [0, 0.05) is 56.6 Å². The van der Waals surface area contributed by atoms with E-state index in [2.05, 4.69) is 47.8 Å². The first kappa shape index (κ1) is 70.0. The van der Waals surface area contributed by atoms with Crippen LogP contribution in [0, 0.1) is 0 Å². The number of halogens is 3. The molecule has 0 heterocycles. The third-order valence-corrected chi connectivity index (χ3v) is 8.46. The number of alkyl halides is 3. The van der Waals surface area contributed by atoms with Gasteiger partial charge in [-0.3, -0.25) is 14.4 Å². The van der Waals surface area contributed by atoms with Crippen LogP contribution in [0.3, 0.4) is 0 Å². The molecule has 48 heavy (non-hydrogen) atoms. The van der Waals surface area contributed by atoms with E-state index in [-0.39, 0.29) is 80.2 Å². The number of ketones is 3. The first-order valence-corrected chi connectivity index (χ1v) is 19.2. The molecule has 0 aliphatic heterocycles. The van der Waals surface area contributed by atoms with Crippen LogP contribution in [0.25, 0.3) is 0 Å². The minimum absolute atomic E-state index is 0. The fourth-order valence-corrected chi connectivity index (χ4v) is 5.52. The van der Waals surface area contributed by atoms with Crippen LogP contribution in [0.1, 0.15) is 181 Å². The zero-order chi connectivity index (χ0) is 32.4. The fourth-order valence-electron chi connectivity index (χ4n) is 4.33. The van der Waals surface area contributed by atoms with Crippen LogP contribution in [0.15, 0.2) is 0 Å². The number of hydrogen-bond donors (Lipinski definition) is 0. The molecule has 0 aliphatic carbocycles. The molecular weight excluding hydrogens is 804 g/mol. The highest BCUT2D eigenvalue weighted by Gasteiger charge is 2.11. The van der Waals surface area contributed by atoms with E-state index in [4.69, 9.17) is 14.2 Å². The van der Waals surface area contributed by atoms with Crippen LogP contribution >= 0.6 is 47.8 Å². The van der Waals surface area contributed by atoms with Crippen molar-refractivity contribution in [2.75, 3.05) is 37.3 Å². The lowest BCUT2D eigenvalue weighted by molar-refractivity contribution is -0.120. The average molecular weight is 892 g/mol. The molecule has 0 saturated carbocycles. The Kier molecular flexibility index (Phi) is 82.7. The molecule has 3 unspecified atom stereocenters. The third kappa shape index (κ3) is 61.5. The molecule has 6 nitrogen and oxygen atoms in total. The molecule has 3 atom stereocenters. The first-order valence-electron chi connectivity index (χ1n) is 15.9. The number of carbonyl (C=O) groups excluding carboxylic acids is 3. The smallest absolute Gasteiger partial charge is 0.132 e. The number of hydrogen-bond acceptors (Lipinski definition) is 6. The summed E-state index contributed by atoms with van der Waals surface area (Å²) in [4.78, 5) is 32.6. The quantitative estimate of drug-likeness (QED) is 0.0604. The molecular formula is C39H87Br3O6. The van der Waals surface area contributed by atoms with Gasteiger partial charge < -0.3 is 14.2 Å². The Morgan fingerprint density at radius 1 is 0.396 bits per heavy atom. The Bertz CT molecular complexity index is 608. The van der Waals surface area contributed by atoms with Crippen LogP contribution in [0.4, 0.5) is 0 Å².